The molecule has 1 aromatic rings. The average molecular weight is 313 g/mol. The molecule has 0 amide bonds. The van der Waals surface area contributed by atoms with Crippen LogP contribution in [0.1, 0.15) is 25.3 Å². The van der Waals surface area contributed by atoms with Crippen LogP contribution in [0.3, 0.4) is 0 Å². The molecule has 0 aliphatic carbocycles. The number of sulfonamides is 1. The number of hydrogen-bond donors (Lipinski definition) is 1. The monoisotopic (exact) mass is 313 g/mol. The third-order valence-corrected chi connectivity index (χ3v) is 5.44. The first kappa shape index (κ1) is 16.4. The van der Waals surface area contributed by atoms with E-state index in [9.17, 15) is 8.42 Å². The predicted molar refractivity (Wildman–Crippen MR) is 80.4 cm³/mol. The van der Waals surface area contributed by atoms with Crippen molar-refractivity contribution in [3.05, 3.63) is 23.9 Å². The van der Waals surface area contributed by atoms with Gasteiger partial charge in [-0.25, -0.2) is 13.4 Å². The normalized spacial score (nSPS) is 19.3. The minimum Gasteiger partial charge on any atom is -0.380 e. The molecule has 0 aromatic carbocycles. The number of pyridine rings is 1. The maximum Gasteiger partial charge on any atom is 0.260 e. The van der Waals surface area contributed by atoms with Gasteiger partial charge in [0.15, 0.2) is 5.03 Å². The van der Waals surface area contributed by atoms with Crippen LogP contribution in [-0.4, -0.2) is 50.6 Å². The number of ether oxygens (including phenoxy) is 1. The molecule has 2 heterocycles. The van der Waals surface area contributed by atoms with Crippen LogP contribution >= 0.6 is 0 Å². The fourth-order valence-electron chi connectivity index (χ4n) is 2.23. The molecule has 1 aromatic heterocycles. The zero-order chi connectivity index (χ0) is 15.3. The van der Waals surface area contributed by atoms with Crippen molar-refractivity contribution in [3.8, 4) is 0 Å². The van der Waals surface area contributed by atoms with Crippen molar-refractivity contribution in [2.24, 2.45) is 0 Å². The molecule has 0 bridgehead atoms. The van der Waals surface area contributed by atoms with Gasteiger partial charge < -0.3 is 10.1 Å². The first-order valence-corrected chi connectivity index (χ1v) is 8.71. The summed E-state index contributed by atoms with van der Waals surface area (Å²) in [6.45, 7) is 4.80. The minimum absolute atomic E-state index is 0.0936. The second kappa shape index (κ2) is 7.31. The Bertz CT molecular complexity index is 539. The molecule has 21 heavy (non-hydrogen) atoms. The molecule has 1 aliphatic heterocycles. The van der Waals surface area contributed by atoms with Gasteiger partial charge in [0.2, 0.25) is 0 Å². The lowest BCUT2D eigenvalue weighted by atomic mass is 10.3. The molecule has 0 spiro atoms. The summed E-state index contributed by atoms with van der Waals surface area (Å²) in [7, 11) is -1.95. The van der Waals surface area contributed by atoms with Crippen LogP contribution in [0.25, 0.3) is 0 Å². The number of nitrogens with zero attached hydrogens (tertiary/aromatic N) is 2. The van der Waals surface area contributed by atoms with Crippen molar-refractivity contribution in [2.45, 2.75) is 37.4 Å². The number of rotatable bonds is 7. The van der Waals surface area contributed by atoms with Crippen molar-refractivity contribution in [1.82, 2.24) is 14.6 Å². The van der Waals surface area contributed by atoms with E-state index in [1.807, 2.05) is 6.07 Å². The van der Waals surface area contributed by atoms with Gasteiger partial charge >= 0.3 is 0 Å². The fraction of sp³-hybridized carbons (Fsp3) is 0.643. The molecule has 0 radical (unpaired) electrons. The summed E-state index contributed by atoms with van der Waals surface area (Å²) in [6, 6.07) is 3.29. The SMILES string of the molecule is CCCNCc1ccc(S(=O)(=O)N(C)C2CCOC2)nc1. The lowest BCUT2D eigenvalue weighted by Gasteiger charge is -2.22. The molecular weight excluding hydrogens is 290 g/mol. The van der Waals surface area contributed by atoms with E-state index in [0.29, 0.717) is 19.8 Å². The van der Waals surface area contributed by atoms with E-state index in [2.05, 4.69) is 17.2 Å². The van der Waals surface area contributed by atoms with Gasteiger partial charge in [0.25, 0.3) is 10.0 Å². The molecule has 0 saturated carbocycles. The topological polar surface area (TPSA) is 71.5 Å². The quantitative estimate of drug-likeness (QED) is 0.760. The van der Waals surface area contributed by atoms with Gasteiger partial charge in [-0.2, -0.15) is 4.31 Å². The van der Waals surface area contributed by atoms with Crippen LogP contribution in [0.2, 0.25) is 0 Å². The van der Waals surface area contributed by atoms with E-state index < -0.39 is 10.0 Å². The molecule has 1 unspecified atom stereocenters. The average Bonchev–Trinajstić information content (AvgIpc) is 3.01. The van der Waals surface area contributed by atoms with E-state index >= 15 is 0 Å². The van der Waals surface area contributed by atoms with Crippen molar-refractivity contribution in [3.63, 3.8) is 0 Å². The van der Waals surface area contributed by atoms with Gasteiger partial charge in [-0.15, -0.1) is 0 Å². The van der Waals surface area contributed by atoms with E-state index in [1.165, 1.54) is 4.31 Å². The maximum atomic E-state index is 12.5. The summed E-state index contributed by atoms with van der Waals surface area (Å²) in [5.41, 5.74) is 0.981. The van der Waals surface area contributed by atoms with Crippen molar-refractivity contribution in [2.75, 3.05) is 26.8 Å². The Morgan fingerprint density at radius 2 is 2.29 bits per heavy atom. The number of likely N-dealkylation sites (N-methyl/N-ethyl adjacent to an activating group) is 1. The molecule has 118 valence electrons. The Morgan fingerprint density at radius 3 is 2.86 bits per heavy atom. The van der Waals surface area contributed by atoms with Crippen LogP contribution in [0.15, 0.2) is 23.4 Å². The molecular formula is C14H23N3O3S. The van der Waals surface area contributed by atoms with E-state index in [1.54, 1.807) is 19.3 Å². The molecule has 1 atom stereocenters. The number of nitrogens with one attached hydrogen (secondary N) is 1. The molecule has 1 aliphatic rings. The fourth-order valence-corrected chi connectivity index (χ4v) is 3.51. The van der Waals surface area contributed by atoms with Gasteiger partial charge in [0, 0.05) is 26.4 Å². The Hall–Kier alpha value is -1.02. The van der Waals surface area contributed by atoms with E-state index in [0.717, 1.165) is 24.9 Å². The van der Waals surface area contributed by atoms with Crippen LogP contribution in [-0.2, 0) is 21.3 Å². The summed E-state index contributed by atoms with van der Waals surface area (Å²) in [4.78, 5) is 4.11. The van der Waals surface area contributed by atoms with Crippen LogP contribution < -0.4 is 5.32 Å². The summed E-state index contributed by atoms with van der Waals surface area (Å²) in [5, 5.41) is 3.35. The van der Waals surface area contributed by atoms with Crippen molar-refractivity contribution >= 4 is 10.0 Å². The number of aromatic nitrogens is 1. The number of hydrogen-bond acceptors (Lipinski definition) is 5. The summed E-state index contributed by atoms with van der Waals surface area (Å²) in [5.74, 6) is 0. The smallest absolute Gasteiger partial charge is 0.260 e. The second-order valence-electron chi connectivity index (χ2n) is 5.22. The highest BCUT2D eigenvalue weighted by molar-refractivity contribution is 7.89. The molecule has 6 nitrogen and oxygen atoms in total. The lowest BCUT2D eigenvalue weighted by Crippen LogP contribution is -2.37. The van der Waals surface area contributed by atoms with Crippen LogP contribution in [0, 0.1) is 0 Å². The standard InChI is InChI=1S/C14H23N3O3S/c1-3-7-15-9-12-4-5-14(16-10-12)21(18,19)17(2)13-6-8-20-11-13/h4-5,10,13,15H,3,6-9,11H2,1-2H3. The first-order chi connectivity index (χ1) is 10.1. The third kappa shape index (κ3) is 4.00. The Labute approximate surface area is 126 Å². The Morgan fingerprint density at radius 1 is 1.48 bits per heavy atom. The summed E-state index contributed by atoms with van der Waals surface area (Å²) in [6.07, 6.45) is 3.41. The first-order valence-electron chi connectivity index (χ1n) is 7.27. The predicted octanol–water partition coefficient (Wildman–Crippen LogP) is 0.991. The Kier molecular flexibility index (Phi) is 5.69. The molecule has 1 fully saturated rings. The van der Waals surface area contributed by atoms with Crippen LogP contribution in [0.5, 0.6) is 0 Å². The zero-order valence-electron chi connectivity index (χ0n) is 12.6. The third-order valence-electron chi connectivity index (χ3n) is 3.62. The lowest BCUT2D eigenvalue weighted by molar-refractivity contribution is 0.180. The van der Waals surface area contributed by atoms with Crippen molar-refractivity contribution in [1.29, 1.82) is 0 Å². The van der Waals surface area contributed by atoms with Gasteiger partial charge in [0.05, 0.1) is 12.6 Å². The Balaban J connectivity index is 2.05. The van der Waals surface area contributed by atoms with Gasteiger partial charge in [-0.05, 0) is 31.0 Å². The highest BCUT2D eigenvalue weighted by Crippen LogP contribution is 2.19. The minimum atomic E-state index is -3.54. The van der Waals surface area contributed by atoms with Gasteiger partial charge in [0.1, 0.15) is 0 Å². The van der Waals surface area contributed by atoms with E-state index in [-0.39, 0.29) is 11.1 Å². The summed E-state index contributed by atoms with van der Waals surface area (Å²) >= 11 is 0. The van der Waals surface area contributed by atoms with Gasteiger partial charge in [-0.3, -0.25) is 0 Å². The zero-order valence-corrected chi connectivity index (χ0v) is 13.4. The van der Waals surface area contributed by atoms with Gasteiger partial charge in [-0.1, -0.05) is 13.0 Å². The molecule has 7 heteroatoms. The van der Waals surface area contributed by atoms with E-state index in [4.69, 9.17) is 4.74 Å². The highest BCUT2D eigenvalue weighted by atomic mass is 32.2. The molecule has 1 N–H and O–H groups in total. The molecule has 1 saturated heterocycles. The highest BCUT2D eigenvalue weighted by Gasteiger charge is 2.31. The second-order valence-corrected chi connectivity index (χ2v) is 7.16. The summed E-state index contributed by atoms with van der Waals surface area (Å²) < 4.78 is 31.6. The van der Waals surface area contributed by atoms with Crippen LogP contribution in [0.4, 0.5) is 0 Å². The largest absolute Gasteiger partial charge is 0.380 e. The molecule has 2 rings (SSSR count). The maximum absolute atomic E-state index is 12.5. The van der Waals surface area contributed by atoms with Crippen molar-refractivity contribution < 1.29 is 13.2 Å².